The molecule has 1 aliphatic heterocycles. The van der Waals surface area contributed by atoms with Crippen LogP contribution in [0.25, 0.3) is 0 Å². The summed E-state index contributed by atoms with van der Waals surface area (Å²) in [6.45, 7) is 4.81. The summed E-state index contributed by atoms with van der Waals surface area (Å²) in [6, 6.07) is 8.20. The molecule has 2 rings (SSSR count). The topological polar surface area (TPSA) is 50.8 Å². The summed E-state index contributed by atoms with van der Waals surface area (Å²) in [5.41, 5.74) is 0. The zero-order valence-electron chi connectivity index (χ0n) is 14.6. The fourth-order valence-corrected chi connectivity index (χ4v) is 2.83. The predicted octanol–water partition coefficient (Wildman–Crippen LogP) is 2.88. The maximum Gasteiger partial charge on any atom is 0.222 e. The van der Waals surface area contributed by atoms with Crippen molar-refractivity contribution in [2.24, 2.45) is 0 Å². The number of para-hydroxylation sites is 2. The first-order valence-electron chi connectivity index (χ1n) is 8.54. The van der Waals surface area contributed by atoms with E-state index in [4.69, 9.17) is 9.47 Å². The number of rotatable bonds is 8. The number of hydrogen-bond acceptors (Lipinski definition) is 4. The first-order valence-corrected chi connectivity index (χ1v) is 8.54. The number of halogens is 1. The molecule has 1 N–H and O–H groups in total. The Morgan fingerprint density at radius 2 is 1.83 bits per heavy atom. The molecule has 24 heavy (non-hydrogen) atoms. The van der Waals surface area contributed by atoms with Crippen molar-refractivity contribution < 1.29 is 14.3 Å². The number of benzene rings is 1. The molecule has 1 heterocycles. The lowest BCUT2D eigenvalue weighted by molar-refractivity contribution is -0.132. The Bertz CT molecular complexity index is 491. The monoisotopic (exact) mass is 356 g/mol. The van der Waals surface area contributed by atoms with Crippen molar-refractivity contribution in [3.63, 3.8) is 0 Å². The molecule has 0 aromatic heterocycles. The van der Waals surface area contributed by atoms with Crippen molar-refractivity contribution in [3.05, 3.63) is 24.3 Å². The van der Waals surface area contributed by atoms with Crippen LogP contribution in [0.4, 0.5) is 0 Å². The summed E-state index contributed by atoms with van der Waals surface area (Å²) in [6.07, 6.45) is 3.35. The van der Waals surface area contributed by atoms with Crippen molar-refractivity contribution in [1.29, 1.82) is 0 Å². The number of nitrogens with zero attached hydrogens (tertiary/aromatic N) is 1. The number of carbonyl (C=O) groups is 1. The van der Waals surface area contributed by atoms with Gasteiger partial charge in [-0.3, -0.25) is 4.79 Å². The highest BCUT2D eigenvalue weighted by Gasteiger charge is 2.21. The van der Waals surface area contributed by atoms with Gasteiger partial charge in [-0.15, -0.1) is 12.4 Å². The lowest BCUT2D eigenvalue weighted by Gasteiger charge is -2.31. The summed E-state index contributed by atoms with van der Waals surface area (Å²) < 4.78 is 11.3. The second kappa shape index (κ2) is 11.2. The van der Waals surface area contributed by atoms with Crippen LogP contribution in [-0.4, -0.2) is 50.2 Å². The van der Waals surface area contributed by atoms with Crippen LogP contribution in [0.1, 0.15) is 32.6 Å². The Kier molecular flexibility index (Phi) is 9.57. The number of piperidine rings is 1. The highest BCUT2D eigenvalue weighted by atomic mass is 35.5. The van der Waals surface area contributed by atoms with Crippen LogP contribution >= 0.6 is 12.4 Å². The minimum absolute atomic E-state index is 0. The smallest absolute Gasteiger partial charge is 0.222 e. The van der Waals surface area contributed by atoms with Crippen molar-refractivity contribution in [1.82, 2.24) is 10.2 Å². The van der Waals surface area contributed by atoms with Gasteiger partial charge >= 0.3 is 0 Å². The molecule has 1 saturated heterocycles. The fraction of sp³-hybridized carbons (Fsp3) is 0.611. The molecule has 6 heteroatoms. The molecule has 0 bridgehead atoms. The zero-order valence-corrected chi connectivity index (χ0v) is 15.4. The number of ether oxygens (including phenoxy) is 2. The minimum Gasteiger partial charge on any atom is -0.490 e. The summed E-state index contributed by atoms with van der Waals surface area (Å²) >= 11 is 0. The maximum absolute atomic E-state index is 12.2. The lowest BCUT2D eigenvalue weighted by Crippen LogP contribution is -2.43. The second-order valence-electron chi connectivity index (χ2n) is 5.78. The molecule has 1 aliphatic rings. The Labute approximate surface area is 151 Å². The van der Waals surface area contributed by atoms with E-state index in [1.165, 1.54) is 0 Å². The van der Waals surface area contributed by atoms with Crippen LogP contribution in [0.3, 0.4) is 0 Å². The first kappa shape index (κ1) is 20.6. The predicted molar refractivity (Wildman–Crippen MR) is 98.2 cm³/mol. The van der Waals surface area contributed by atoms with E-state index in [0.29, 0.717) is 25.7 Å². The van der Waals surface area contributed by atoms with Gasteiger partial charge in [0.1, 0.15) is 0 Å². The fourth-order valence-electron chi connectivity index (χ4n) is 2.83. The Hall–Kier alpha value is -1.46. The molecule has 0 spiro atoms. The Morgan fingerprint density at radius 3 is 2.42 bits per heavy atom. The van der Waals surface area contributed by atoms with Crippen molar-refractivity contribution in [2.45, 2.75) is 38.6 Å². The third-order valence-electron chi connectivity index (χ3n) is 4.20. The number of hydrogen-bond donors (Lipinski definition) is 1. The van der Waals surface area contributed by atoms with Crippen molar-refractivity contribution >= 4 is 18.3 Å². The van der Waals surface area contributed by atoms with E-state index in [1.807, 2.05) is 43.1 Å². The van der Waals surface area contributed by atoms with E-state index in [2.05, 4.69) is 5.32 Å². The molecule has 5 nitrogen and oxygen atoms in total. The van der Waals surface area contributed by atoms with E-state index < -0.39 is 0 Å². The van der Waals surface area contributed by atoms with E-state index >= 15 is 0 Å². The van der Waals surface area contributed by atoms with Gasteiger partial charge in [-0.1, -0.05) is 12.1 Å². The summed E-state index contributed by atoms with van der Waals surface area (Å²) in [5, 5.41) is 3.28. The van der Waals surface area contributed by atoms with Gasteiger partial charge in [-0.05, 0) is 45.4 Å². The molecule has 0 unspecified atom stereocenters. The number of likely N-dealkylation sites (tertiary alicyclic amines) is 1. The highest BCUT2D eigenvalue weighted by molar-refractivity contribution is 5.85. The van der Waals surface area contributed by atoms with Crippen LogP contribution in [-0.2, 0) is 4.79 Å². The molecule has 0 atom stereocenters. The molecule has 1 aromatic carbocycles. The number of nitrogens with one attached hydrogen (secondary N) is 1. The van der Waals surface area contributed by atoms with Crippen molar-refractivity contribution in [3.8, 4) is 11.5 Å². The summed E-state index contributed by atoms with van der Waals surface area (Å²) in [5.74, 6) is 1.74. The quantitative estimate of drug-likeness (QED) is 0.728. The second-order valence-corrected chi connectivity index (χ2v) is 5.78. The van der Waals surface area contributed by atoms with Gasteiger partial charge in [0.2, 0.25) is 5.91 Å². The van der Waals surface area contributed by atoms with Crippen LogP contribution < -0.4 is 14.8 Å². The van der Waals surface area contributed by atoms with Crippen molar-refractivity contribution in [2.75, 3.05) is 33.4 Å². The van der Waals surface area contributed by atoms with E-state index in [1.54, 1.807) is 0 Å². The summed E-state index contributed by atoms with van der Waals surface area (Å²) in [4.78, 5) is 14.2. The lowest BCUT2D eigenvalue weighted by atomic mass is 10.0. The van der Waals surface area contributed by atoms with Gasteiger partial charge in [0.25, 0.3) is 0 Å². The average Bonchev–Trinajstić information content (AvgIpc) is 2.60. The van der Waals surface area contributed by atoms with Crippen LogP contribution in [0.5, 0.6) is 11.5 Å². The molecule has 1 fully saturated rings. The minimum atomic E-state index is 0. The third kappa shape index (κ3) is 6.21. The molecular formula is C18H29ClN2O3. The normalized spacial score (nSPS) is 14.8. The van der Waals surface area contributed by atoms with E-state index in [0.717, 1.165) is 43.9 Å². The first-order chi connectivity index (χ1) is 11.2. The SMILES string of the molecule is CCOc1ccccc1OCCCC(=O)N1CCC(NC)CC1.Cl. The molecule has 0 saturated carbocycles. The number of amides is 1. The van der Waals surface area contributed by atoms with Crippen LogP contribution in [0.15, 0.2) is 24.3 Å². The third-order valence-corrected chi connectivity index (χ3v) is 4.20. The van der Waals surface area contributed by atoms with E-state index in [-0.39, 0.29) is 18.3 Å². The largest absolute Gasteiger partial charge is 0.490 e. The Balaban J connectivity index is 0.00000288. The van der Waals surface area contributed by atoms with Gasteiger partial charge < -0.3 is 19.7 Å². The van der Waals surface area contributed by atoms with E-state index in [9.17, 15) is 4.79 Å². The number of carbonyl (C=O) groups excluding carboxylic acids is 1. The molecule has 0 radical (unpaired) electrons. The van der Waals surface area contributed by atoms with Gasteiger partial charge in [0.05, 0.1) is 13.2 Å². The molecule has 1 aromatic rings. The van der Waals surface area contributed by atoms with Gasteiger partial charge in [0.15, 0.2) is 11.5 Å². The average molecular weight is 357 g/mol. The van der Waals surface area contributed by atoms with Gasteiger partial charge in [0, 0.05) is 25.6 Å². The summed E-state index contributed by atoms with van der Waals surface area (Å²) in [7, 11) is 1.99. The standard InChI is InChI=1S/C18H28N2O3.ClH/c1-3-22-16-7-4-5-8-17(16)23-14-6-9-18(21)20-12-10-15(19-2)11-13-20;/h4-5,7-8,15,19H,3,6,9-14H2,1-2H3;1H. The van der Waals surface area contributed by atoms with Gasteiger partial charge in [-0.2, -0.15) is 0 Å². The Morgan fingerprint density at radius 1 is 1.21 bits per heavy atom. The molecule has 136 valence electrons. The molecule has 1 amide bonds. The zero-order chi connectivity index (χ0) is 16.5. The van der Waals surface area contributed by atoms with Gasteiger partial charge in [-0.25, -0.2) is 0 Å². The van der Waals surface area contributed by atoms with Crippen LogP contribution in [0.2, 0.25) is 0 Å². The van der Waals surface area contributed by atoms with Crippen LogP contribution in [0, 0.1) is 0 Å². The maximum atomic E-state index is 12.2. The molecule has 0 aliphatic carbocycles. The highest BCUT2D eigenvalue weighted by Crippen LogP contribution is 2.26. The molecular weight excluding hydrogens is 328 g/mol.